The third-order valence-electron chi connectivity index (χ3n) is 3.36. The van der Waals surface area contributed by atoms with Crippen molar-refractivity contribution in [2.24, 2.45) is 5.73 Å². The second kappa shape index (κ2) is 7.35. The molecule has 0 saturated carbocycles. The summed E-state index contributed by atoms with van der Waals surface area (Å²) in [6.07, 6.45) is 1.46. The van der Waals surface area contributed by atoms with Crippen molar-refractivity contribution in [3.8, 4) is 0 Å². The Hall–Kier alpha value is -2.22. The Morgan fingerprint density at radius 3 is 2.56 bits per heavy atom. The Labute approximate surface area is 158 Å². The fourth-order valence-electron chi connectivity index (χ4n) is 2.12. The number of aromatic nitrogens is 3. The predicted octanol–water partition coefficient (Wildman–Crippen LogP) is 3.47. The second-order valence-electron chi connectivity index (χ2n) is 5.20. The summed E-state index contributed by atoms with van der Waals surface area (Å²) in [5.41, 5.74) is 12.7. The molecule has 25 heavy (non-hydrogen) atoms. The van der Waals surface area contributed by atoms with Crippen LogP contribution < -0.4 is 11.5 Å². The van der Waals surface area contributed by atoms with Crippen LogP contribution in [-0.4, -0.2) is 20.9 Å². The van der Waals surface area contributed by atoms with Crippen LogP contribution in [-0.2, 0) is 6.54 Å². The van der Waals surface area contributed by atoms with Gasteiger partial charge >= 0.3 is 0 Å². The predicted molar refractivity (Wildman–Crippen MR) is 99.1 cm³/mol. The highest BCUT2D eigenvalue weighted by atomic mass is 35.5. The summed E-state index contributed by atoms with van der Waals surface area (Å²) in [6.45, 7) is 0.331. The number of hydrogen-bond donors (Lipinski definition) is 2. The molecule has 0 radical (unpaired) electrons. The highest BCUT2D eigenvalue weighted by Gasteiger charge is 2.11. The molecule has 2 aromatic carbocycles. The van der Waals surface area contributed by atoms with Gasteiger partial charge in [-0.15, -0.1) is 5.10 Å². The first-order valence-electron chi connectivity index (χ1n) is 7.13. The maximum absolute atomic E-state index is 11.1. The molecule has 1 aromatic heterocycles. The first-order valence-corrected chi connectivity index (χ1v) is 8.71. The van der Waals surface area contributed by atoms with Crippen molar-refractivity contribution in [3.05, 3.63) is 63.9 Å². The van der Waals surface area contributed by atoms with Crippen molar-refractivity contribution in [3.63, 3.8) is 0 Å². The van der Waals surface area contributed by atoms with E-state index in [0.717, 1.165) is 15.4 Å². The molecule has 0 aliphatic carbocycles. The van der Waals surface area contributed by atoms with E-state index in [1.54, 1.807) is 6.07 Å². The van der Waals surface area contributed by atoms with Gasteiger partial charge < -0.3 is 11.5 Å². The molecule has 0 unspecified atom stereocenters. The minimum Gasteiger partial charge on any atom is -0.398 e. The summed E-state index contributed by atoms with van der Waals surface area (Å²) in [5.74, 6) is -0.632. The van der Waals surface area contributed by atoms with Crippen LogP contribution in [0.25, 0.3) is 0 Å². The van der Waals surface area contributed by atoms with Gasteiger partial charge in [0.15, 0.2) is 5.69 Å². The summed E-state index contributed by atoms with van der Waals surface area (Å²) >= 11 is 13.8. The standard InChI is InChI=1S/C16H13Cl2N5OS/c17-10-1-3-11(4-2-10)25-15-6-13(19)9(5-12(15)18)7-23-8-14(16(20)24)21-22-23/h1-6,8H,7,19H2,(H2,20,24). The number of hydrogen-bond acceptors (Lipinski definition) is 5. The molecule has 3 aromatic rings. The first-order chi connectivity index (χ1) is 11.9. The Morgan fingerprint density at radius 2 is 1.92 bits per heavy atom. The quantitative estimate of drug-likeness (QED) is 0.646. The lowest BCUT2D eigenvalue weighted by Crippen LogP contribution is -2.11. The molecule has 3 rings (SSSR count). The van der Waals surface area contributed by atoms with E-state index in [-0.39, 0.29) is 5.69 Å². The number of amides is 1. The third kappa shape index (κ3) is 4.25. The van der Waals surface area contributed by atoms with E-state index < -0.39 is 5.91 Å². The molecule has 128 valence electrons. The first kappa shape index (κ1) is 17.6. The van der Waals surface area contributed by atoms with E-state index in [1.807, 2.05) is 30.3 Å². The third-order valence-corrected chi connectivity index (χ3v) is 5.10. The van der Waals surface area contributed by atoms with Gasteiger partial charge in [0, 0.05) is 20.5 Å². The van der Waals surface area contributed by atoms with Gasteiger partial charge in [0.05, 0.1) is 17.8 Å². The van der Waals surface area contributed by atoms with Crippen molar-refractivity contribution < 1.29 is 4.79 Å². The fraction of sp³-hybridized carbons (Fsp3) is 0.0625. The van der Waals surface area contributed by atoms with Crippen LogP contribution in [0.15, 0.2) is 52.4 Å². The zero-order valence-electron chi connectivity index (χ0n) is 12.8. The van der Waals surface area contributed by atoms with Gasteiger partial charge in [-0.25, -0.2) is 4.68 Å². The Balaban J connectivity index is 1.81. The van der Waals surface area contributed by atoms with Crippen LogP contribution in [0, 0.1) is 0 Å². The van der Waals surface area contributed by atoms with Crippen LogP contribution in [0.1, 0.15) is 16.1 Å². The molecular weight excluding hydrogens is 381 g/mol. The SMILES string of the molecule is NC(=O)c1cn(Cc2cc(Cl)c(Sc3ccc(Cl)cc3)cc2N)nn1. The number of halogens is 2. The van der Waals surface area contributed by atoms with E-state index >= 15 is 0 Å². The summed E-state index contributed by atoms with van der Waals surface area (Å²) in [6, 6.07) is 11.0. The molecule has 9 heteroatoms. The maximum atomic E-state index is 11.1. The number of nitrogens with two attached hydrogens (primary N) is 2. The Kier molecular flexibility index (Phi) is 5.17. The van der Waals surface area contributed by atoms with Crippen molar-refractivity contribution in [1.29, 1.82) is 0 Å². The molecule has 6 nitrogen and oxygen atoms in total. The van der Waals surface area contributed by atoms with Crippen LogP contribution in [0.3, 0.4) is 0 Å². The number of nitrogens with zero attached hydrogens (tertiary/aromatic N) is 3. The smallest absolute Gasteiger partial charge is 0.270 e. The topological polar surface area (TPSA) is 99.8 Å². The largest absolute Gasteiger partial charge is 0.398 e. The minimum atomic E-state index is -0.632. The normalized spacial score (nSPS) is 10.8. The van der Waals surface area contributed by atoms with Crippen molar-refractivity contribution in [1.82, 2.24) is 15.0 Å². The number of primary amides is 1. The summed E-state index contributed by atoms with van der Waals surface area (Å²) < 4.78 is 1.48. The highest BCUT2D eigenvalue weighted by molar-refractivity contribution is 7.99. The average molecular weight is 394 g/mol. The molecule has 0 aliphatic rings. The van der Waals surface area contributed by atoms with Gasteiger partial charge in [0.2, 0.25) is 0 Å². The van der Waals surface area contributed by atoms with Crippen LogP contribution in [0.5, 0.6) is 0 Å². The van der Waals surface area contributed by atoms with Gasteiger partial charge in [0.25, 0.3) is 5.91 Å². The number of rotatable bonds is 5. The number of carbonyl (C=O) groups excluding carboxylic acids is 1. The van der Waals surface area contributed by atoms with Crippen molar-refractivity contribution >= 4 is 46.6 Å². The van der Waals surface area contributed by atoms with Gasteiger partial charge in [-0.1, -0.05) is 40.2 Å². The van der Waals surface area contributed by atoms with E-state index in [2.05, 4.69) is 10.3 Å². The monoisotopic (exact) mass is 393 g/mol. The second-order valence-corrected chi connectivity index (χ2v) is 7.16. The van der Waals surface area contributed by atoms with E-state index in [0.29, 0.717) is 22.3 Å². The molecule has 0 bridgehead atoms. The van der Waals surface area contributed by atoms with Gasteiger partial charge in [0.1, 0.15) is 0 Å². The van der Waals surface area contributed by atoms with Gasteiger partial charge in [-0.2, -0.15) is 0 Å². The lowest BCUT2D eigenvalue weighted by Gasteiger charge is -2.10. The molecule has 4 N–H and O–H groups in total. The molecule has 1 heterocycles. The van der Waals surface area contributed by atoms with Crippen molar-refractivity contribution in [2.75, 3.05) is 5.73 Å². The molecule has 0 fully saturated rings. The van der Waals surface area contributed by atoms with E-state index in [4.69, 9.17) is 34.7 Å². The van der Waals surface area contributed by atoms with Crippen LogP contribution >= 0.6 is 35.0 Å². The summed E-state index contributed by atoms with van der Waals surface area (Å²) in [5, 5.41) is 8.79. The molecule has 0 saturated heterocycles. The molecule has 1 amide bonds. The zero-order valence-corrected chi connectivity index (χ0v) is 15.1. The maximum Gasteiger partial charge on any atom is 0.270 e. The van der Waals surface area contributed by atoms with E-state index in [9.17, 15) is 4.79 Å². The Morgan fingerprint density at radius 1 is 1.20 bits per heavy atom. The van der Waals surface area contributed by atoms with Crippen LogP contribution in [0.2, 0.25) is 10.0 Å². The highest BCUT2D eigenvalue weighted by Crippen LogP contribution is 2.36. The fourth-order valence-corrected chi connectivity index (χ4v) is 3.41. The minimum absolute atomic E-state index is 0.0968. The van der Waals surface area contributed by atoms with Gasteiger partial charge in [-0.3, -0.25) is 4.79 Å². The van der Waals surface area contributed by atoms with Crippen molar-refractivity contribution in [2.45, 2.75) is 16.3 Å². The Bertz CT molecular complexity index is 927. The number of anilines is 1. The molecule has 0 spiro atoms. The number of carbonyl (C=O) groups is 1. The lowest BCUT2D eigenvalue weighted by molar-refractivity contribution is 0.0995. The van der Waals surface area contributed by atoms with Crippen LogP contribution in [0.4, 0.5) is 5.69 Å². The lowest BCUT2D eigenvalue weighted by atomic mass is 10.2. The van der Waals surface area contributed by atoms with Gasteiger partial charge in [-0.05, 0) is 42.0 Å². The number of nitrogen functional groups attached to an aromatic ring is 1. The molecular formula is C16H13Cl2N5OS. The number of benzene rings is 2. The van der Waals surface area contributed by atoms with E-state index in [1.165, 1.54) is 22.6 Å². The molecule has 0 aliphatic heterocycles. The summed E-state index contributed by atoms with van der Waals surface area (Å²) in [7, 11) is 0. The molecule has 0 atom stereocenters. The average Bonchev–Trinajstić information content (AvgIpc) is 3.03. The zero-order chi connectivity index (χ0) is 18.0. The summed E-state index contributed by atoms with van der Waals surface area (Å²) in [4.78, 5) is 12.9.